The molecule has 0 bridgehead atoms. The second kappa shape index (κ2) is 7.72. The zero-order chi connectivity index (χ0) is 21.5. The molecule has 0 spiro atoms. The van der Waals surface area contributed by atoms with E-state index in [9.17, 15) is 0 Å². The van der Waals surface area contributed by atoms with Crippen molar-refractivity contribution in [2.45, 2.75) is 18.6 Å². The minimum atomic E-state index is -0.126. The average molecular weight is 445 g/mol. The lowest BCUT2D eigenvalue weighted by molar-refractivity contribution is 0.174. The van der Waals surface area contributed by atoms with Crippen LogP contribution in [-0.2, 0) is 6.54 Å². The number of rotatable bonds is 5. The van der Waals surface area contributed by atoms with Crippen LogP contribution in [0.4, 0.5) is 5.69 Å². The SMILES string of the molecule is S=C1N[C@@H](c2ccccn2)[C@H](c2cccn2Cc2ccco2)N1c1ccc2c(c1)OCO2. The molecule has 2 atom stereocenters. The van der Waals surface area contributed by atoms with Crippen molar-refractivity contribution in [2.75, 3.05) is 11.7 Å². The summed E-state index contributed by atoms with van der Waals surface area (Å²) in [4.78, 5) is 6.75. The molecular weight excluding hydrogens is 424 g/mol. The van der Waals surface area contributed by atoms with E-state index in [0.29, 0.717) is 11.7 Å². The molecule has 1 fully saturated rings. The van der Waals surface area contributed by atoms with E-state index in [1.54, 1.807) is 6.26 Å². The number of nitrogens with one attached hydrogen (secondary N) is 1. The van der Waals surface area contributed by atoms with Gasteiger partial charge >= 0.3 is 0 Å². The van der Waals surface area contributed by atoms with E-state index in [0.717, 1.165) is 34.3 Å². The fourth-order valence-electron chi connectivity index (χ4n) is 4.38. The predicted molar refractivity (Wildman–Crippen MR) is 123 cm³/mol. The van der Waals surface area contributed by atoms with Crippen LogP contribution in [0.25, 0.3) is 0 Å². The molecule has 4 aromatic rings. The maximum absolute atomic E-state index is 5.82. The number of nitrogens with zero attached hydrogens (tertiary/aromatic N) is 3. The van der Waals surface area contributed by atoms with Crippen LogP contribution in [0.2, 0.25) is 0 Å². The first-order valence-corrected chi connectivity index (χ1v) is 10.8. The van der Waals surface area contributed by atoms with Crippen LogP contribution in [0, 0.1) is 0 Å². The number of anilines is 1. The van der Waals surface area contributed by atoms with E-state index < -0.39 is 0 Å². The average Bonchev–Trinajstić information content (AvgIpc) is 3.61. The number of hydrogen-bond donors (Lipinski definition) is 1. The normalized spacial score (nSPS) is 19.4. The molecule has 1 N–H and O–H groups in total. The van der Waals surface area contributed by atoms with Crippen LogP contribution in [0.1, 0.15) is 29.2 Å². The van der Waals surface area contributed by atoms with Gasteiger partial charge in [0.2, 0.25) is 6.79 Å². The van der Waals surface area contributed by atoms with Crippen LogP contribution in [0.5, 0.6) is 11.5 Å². The van der Waals surface area contributed by atoms with Gasteiger partial charge in [-0.25, -0.2) is 0 Å². The van der Waals surface area contributed by atoms with Crippen molar-refractivity contribution in [1.29, 1.82) is 0 Å². The highest BCUT2D eigenvalue weighted by Crippen LogP contribution is 2.44. The Balaban J connectivity index is 1.46. The molecule has 32 heavy (non-hydrogen) atoms. The first kappa shape index (κ1) is 18.9. The van der Waals surface area contributed by atoms with E-state index in [1.165, 1.54) is 0 Å². The summed E-state index contributed by atoms with van der Waals surface area (Å²) >= 11 is 5.82. The summed E-state index contributed by atoms with van der Waals surface area (Å²) in [6, 6.07) is 19.7. The van der Waals surface area contributed by atoms with Gasteiger partial charge in [-0.1, -0.05) is 6.07 Å². The highest BCUT2D eigenvalue weighted by atomic mass is 32.1. The van der Waals surface area contributed by atoms with Gasteiger partial charge in [0.05, 0.1) is 24.5 Å². The quantitative estimate of drug-likeness (QED) is 0.457. The van der Waals surface area contributed by atoms with E-state index in [4.69, 9.17) is 26.1 Å². The minimum absolute atomic E-state index is 0.122. The summed E-state index contributed by atoms with van der Waals surface area (Å²) < 4.78 is 18.9. The Morgan fingerprint density at radius 3 is 2.81 bits per heavy atom. The predicted octanol–water partition coefficient (Wildman–Crippen LogP) is 4.43. The first-order valence-electron chi connectivity index (χ1n) is 10.4. The van der Waals surface area contributed by atoms with Gasteiger partial charge in [0.15, 0.2) is 16.6 Å². The maximum Gasteiger partial charge on any atom is 0.231 e. The second-order valence-corrected chi connectivity index (χ2v) is 8.06. The molecule has 0 radical (unpaired) electrons. The molecule has 6 rings (SSSR count). The maximum atomic E-state index is 5.82. The third-order valence-electron chi connectivity index (χ3n) is 5.81. The van der Waals surface area contributed by atoms with Gasteiger partial charge in [0.1, 0.15) is 11.8 Å². The standard InChI is InChI=1S/C24H20N4O3S/c32-24-26-22(18-6-1-2-10-25-18)23(19-7-3-11-27(19)14-17-5-4-12-29-17)28(24)16-8-9-20-21(13-16)31-15-30-20/h1-13,22-23H,14-15H2,(H,26,32)/t22-,23-/m0/s1. The Bertz CT molecular complexity index is 1260. The summed E-state index contributed by atoms with van der Waals surface area (Å²) in [5.74, 6) is 2.35. The van der Waals surface area contributed by atoms with Crippen LogP contribution >= 0.6 is 12.2 Å². The Morgan fingerprint density at radius 1 is 1.03 bits per heavy atom. The molecule has 160 valence electrons. The summed E-state index contributed by atoms with van der Waals surface area (Å²) in [5.41, 5.74) is 2.96. The summed E-state index contributed by atoms with van der Waals surface area (Å²) in [7, 11) is 0. The van der Waals surface area contributed by atoms with Crippen molar-refractivity contribution >= 4 is 23.0 Å². The molecule has 8 heteroatoms. The molecule has 5 heterocycles. The highest BCUT2D eigenvalue weighted by molar-refractivity contribution is 7.80. The largest absolute Gasteiger partial charge is 0.467 e. The highest BCUT2D eigenvalue weighted by Gasteiger charge is 2.42. The van der Waals surface area contributed by atoms with Crippen LogP contribution < -0.4 is 19.7 Å². The van der Waals surface area contributed by atoms with Gasteiger partial charge in [-0.05, 0) is 60.7 Å². The number of pyridine rings is 1. The molecule has 0 unspecified atom stereocenters. The van der Waals surface area contributed by atoms with E-state index in [2.05, 4.69) is 32.0 Å². The van der Waals surface area contributed by atoms with Crippen molar-refractivity contribution in [2.24, 2.45) is 0 Å². The summed E-state index contributed by atoms with van der Waals surface area (Å²) in [6.45, 7) is 0.857. The zero-order valence-corrected chi connectivity index (χ0v) is 17.9. The van der Waals surface area contributed by atoms with Crippen LogP contribution in [0.15, 0.2) is 83.7 Å². The number of fused-ring (bicyclic) bond motifs is 1. The van der Waals surface area contributed by atoms with E-state index in [-0.39, 0.29) is 18.9 Å². The van der Waals surface area contributed by atoms with E-state index >= 15 is 0 Å². The van der Waals surface area contributed by atoms with Gasteiger partial charge < -0.3 is 28.7 Å². The van der Waals surface area contributed by atoms with Gasteiger partial charge in [-0.15, -0.1) is 0 Å². The molecule has 2 aliphatic heterocycles. The van der Waals surface area contributed by atoms with Crippen molar-refractivity contribution in [3.05, 3.63) is 96.5 Å². The number of hydrogen-bond acceptors (Lipinski definition) is 5. The molecule has 0 aliphatic carbocycles. The third-order valence-corrected chi connectivity index (χ3v) is 6.12. The smallest absolute Gasteiger partial charge is 0.231 e. The number of thiocarbonyl (C=S) groups is 1. The third kappa shape index (κ3) is 3.20. The molecule has 1 aromatic carbocycles. The Hall–Kier alpha value is -3.78. The van der Waals surface area contributed by atoms with Gasteiger partial charge in [0, 0.05) is 29.8 Å². The van der Waals surface area contributed by atoms with Crippen molar-refractivity contribution in [3.63, 3.8) is 0 Å². The monoisotopic (exact) mass is 444 g/mol. The van der Waals surface area contributed by atoms with Gasteiger partial charge in [-0.3, -0.25) is 4.98 Å². The minimum Gasteiger partial charge on any atom is -0.467 e. The first-order chi connectivity index (χ1) is 15.8. The van der Waals surface area contributed by atoms with Crippen molar-refractivity contribution in [3.8, 4) is 11.5 Å². The molecule has 0 amide bonds. The number of furan rings is 1. The topological polar surface area (TPSA) is 64.7 Å². The Labute approximate surface area is 190 Å². The zero-order valence-electron chi connectivity index (χ0n) is 17.0. The lowest BCUT2D eigenvalue weighted by Crippen LogP contribution is -2.30. The molecule has 2 aliphatic rings. The molecule has 7 nitrogen and oxygen atoms in total. The van der Waals surface area contributed by atoms with Crippen LogP contribution in [0.3, 0.4) is 0 Å². The Morgan fingerprint density at radius 2 is 1.97 bits per heavy atom. The number of ether oxygens (including phenoxy) is 2. The summed E-state index contributed by atoms with van der Waals surface area (Å²) in [6.07, 6.45) is 5.56. The van der Waals surface area contributed by atoms with Gasteiger partial charge in [0.25, 0.3) is 0 Å². The van der Waals surface area contributed by atoms with Crippen molar-refractivity contribution in [1.82, 2.24) is 14.9 Å². The molecule has 3 aromatic heterocycles. The second-order valence-electron chi connectivity index (χ2n) is 7.67. The van der Waals surface area contributed by atoms with Gasteiger partial charge in [-0.2, -0.15) is 0 Å². The molecule has 0 saturated carbocycles. The Kier molecular flexibility index (Phi) is 4.57. The lowest BCUT2D eigenvalue weighted by Gasteiger charge is -2.29. The lowest BCUT2D eigenvalue weighted by atomic mass is 10.0. The molecular formula is C24H20N4O3S. The number of benzene rings is 1. The van der Waals surface area contributed by atoms with Crippen molar-refractivity contribution < 1.29 is 13.9 Å². The fourth-order valence-corrected chi connectivity index (χ4v) is 4.72. The van der Waals surface area contributed by atoms with Crippen LogP contribution in [-0.4, -0.2) is 21.5 Å². The number of aromatic nitrogens is 2. The fraction of sp³-hybridized carbons (Fsp3) is 0.167. The molecule has 1 saturated heterocycles. The van der Waals surface area contributed by atoms with E-state index in [1.807, 2.05) is 60.8 Å². The summed E-state index contributed by atoms with van der Waals surface area (Å²) in [5, 5.41) is 4.13.